The highest BCUT2D eigenvalue weighted by atomic mass is 16.5. The molecular formula is C26H28N2O4. The van der Waals surface area contributed by atoms with Crippen molar-refractivity contribution >= 4 is 6.08 Å². The first-order valence-corrected chi connectivity index (χ1v) is 10.6. The second-order valence-corrected chi connectivity index (χ2v) is 7.47. The number of hydrogen-bond donors (Lipinski definition) is 1. The Kier molecular flexibility index (Phi) is 6.92. The monoisotopic (exact) mass is 432 g/mol. The molecule has 0 spiro atoms. The van der Waals surface area contributed by atoms with Crippen LogP contribution in [0, 0.1) is 0 Å². The molecule has 166 valence electrons. The van der Waals surface area contributed by atoms with Gasteiger partial charge in [0.15, 0.2) is 11.5 Å². The number of rotatable bonds is 8. The van der Waals surface area contributed by atoms with Crippen molar-refractivity contribution < 1.29 is 18.9 Å². The van der Waals surface area contributed by atoms with Crippen LogP contribution in [0.25, 0.3) is 6.08 Å². The predicted octanol–water partition coefficient (Wildman–Crippen LogP) is 4.59. The Labute approximate surface area is 188 Å². The summed E-state index contributed by atoms with van der Waals surface area (Å²) in [5.74, 6) is 2.54. The van der Waals surface area contributed by atoms with Gasteiger partial charge in [0.25, 0.3) is 0 Å². The molecule has 0 radical (unpaired) electrons. The summed E-state index contributed by atoms with van der Waals surface area (Å²) in [6, 6.07) is 18.1. The molecule has 1 unspecified atom stereocenters. The highest BCUT2D eigenvalue weighted by molar-refractivity contribution is 5.58. The van der Waals surface area contributed by atoms with E-state index in [-0.39, 0.29) is 6.04 Å². The zero-order chi connectivity index (χ0) is 22.3. The van der Waals surface area contributed by atoms with Gasteiger partial charge in [0.1, 0.15) is 6.61 Å². The minimum atomic E-state index is 0.0441. The molecule has 0 saturated heterocycles. The Bertz CT molecular complexity index is 1080. The van der Waals surface area contributed by atoms with Gasteiger partial charge in [0, 0.05) is 18.2 Å². The molecule has 0 fully saturated rings. The third kappa shape index (κ3) is 4.86. The van der Waals surface area contributed by atoms with Gasteiger partial charge < -0.3 is 24.3 Å². The molecular weight excluding hydrogens is 404 g/mol. The van der Waals surface area contributed by atoms with E-state index in [0.29, 0.717) is 18.4 Å². The van der Waals surface area contributed by atoms with Gasteiger partial charge in [-0.15, -0.1) is 0 Å². The van der Waals surface area contributed by atoms with Crippen LogP contribution in [0.2, 0.25) is 0 Å². The van der Waals surface area contributed by atoms with Crippen molar-refractivity contribution in [2.45, 2.75) is 19.1 Å². The van der Waals surface area contributed by atoms with Crippen LogP contribution < -0.4 is 24.3 Å². The van der Waals surface area contributed by atoms with Gasteiger partial charge in [-0.1, -0.05) is 42.5 Å². The van der Waals surface area contributed by atoms with Gasteiger partial charge in [0.05, 0.1) is 27.4 Å². The molecule has 1 atom stereocenters. The Morgan fingerprint density at radius 3 is 2.56 bits per heavy atom. The summed E-state index contributed by atoms with van der Waals surface area (Å²) in [6.45, 7) is 1.38. The Morgan fingerprint density at radius 2 is 1.81 bits per heavy atom. The summed E-state index contributed by atoms with van der Waals surface area (Å²) in [4.78, 5) is 4.35. The lowest BCUT2D eigenvalue weighted by atomic mass is 9.93. The molecule has 0 saturated carbocycles. The Morgan fingerprint density at radius 1 is 0.969 bits per heavy atom. The fraction of sp³-hybridized carbons (Fsp3) is 0.269. The van der Waals surface area contributed by atoms with Gasteiger partial charge in [-0.05, 0) is 41.3 Å². The molecule has 0 amide bonds. The number of hydrogen-bond acceptors (Lipinski definition) is 6. The van der Waals surface area contributed by atoms with Crippen LogP contribution in [0.5, 0.6) is 23.3 Å². The first-order chi connectivity index (χ1) is 15.7. The SMILES string of the molecule is COc1ccc(C=CC2NCCc3cc(OCc4ccccc4)c(OC)cc32)c(OC)n1. The van der Waals surface area contributed by atoms with Crippen LogP contribution in [-0.4, -0.2) is 32.9 Å². The third-order valence-corrected chi connectivity index (χ3v) is 5.49. The van der Waals surface area contributed by atoms with Crippen LogP contribution in [0.3, 0.4) is 0 Å². The molecule has 1 aliphatic heterocycles. The van der Waals surface area contributed by atoms with Crippen molar-refractivity contribution in [2.24, 2.45) is 0 Å². The second kappa shape index (κ2) is 10.2. The summed E-state index contributed by atoms with van der Waals surface area (Å²) in [5.41, 5.74) is 4.44. The topological polar surface area (TPSA) is 61.8 Å². The molecule has 32 heavy (non-hydrogen) atoms. The maximum atomic E-state index is 6.10. The summed E-state index contributed by atoms with van der Waals surface area (Å²) in [5, 5.41) is 3.57. The second-order valence-electron chi connectivity index (χ2n) is 7.47. The van der Waals surface area contributed by atoms with Gasteiger partial charge >= 0.3 is 0 Å². The maximum absolute atomic E-state index is 6.10. The van der Waals surface area contributed by atoms with E-state index in [9.17, 15) is 0 Å². The van der Waals surface area contributed by atoms with E-state index in [1.807, 2.05) is 36.4 Å². The first-order valence-electron chi connectivity index (χ1n) is 10.6. The number of fused-ring (bicyclic) bond motifs is 1. The van der Waals surface area contributed by atoms with Crippen molar-refractivity contribution in [3.63, 3.8) is 0 Å². The summed E-state index contributed by atoms with van der Waals surface area (Å²) >= 11 is 0. The number of nitrogens with zero attached hydrogens (tertiary/aromatic N) is 1. The normalized spacial score (nSPS) is 15.3. The molecule has 2 aromatic carbocycles. The predicted molar refractivity (Wildman–Crippen MR) is 125 cm³/mol. The van der Waals surface area contributed by atoms with Crippen molar-refractivity contribution in [1.29, 1.82) is 0 Å². The minimum absolute atomic E-state index is 0.0441. The smallest absolute Gasteiger partial charge is 0.223 e. The third-order valence-electron chi connectivity index (χ3n) is 5.49. The maximum Gasteiger partial charge on any atom is 0.223 e. The van der Waals surface area contributed by atoms with Gasteiger partial charge in [-0.3, -0.25) is 0 Å². The van der Waals surface area contributed by atoms with E-state index in [4.69, 9.17) is 18.9 Å². The zero-order valence-electron chi connectivity index (χ0n) is 18.6. The van der Waals surface area contributed by atoms with Gasteiger partial charge in [-0.2, -0.15) is 4.98 Å². The van der Waals surface area contributed by atoms with E-state index >= 15 is 0 Å². The fourth-order valence-electron chi connectivity index (χ4n) is 3.81. The minimum Gasteiger partial charge on any atom is -0.493 e. The van der Waals surface area contributed by atoms with E-state index in [2.05, 4.69) is 40.6 Å². The van der Waals surface area contributed by atoms with E-state index in [1.54, 1.807) is 21.3 Å². The summed E-state index contributed by atoms with van der Waals surface area (Å²) < 4.78 is 22.3. The Balaban J connectivity index is 1.57. The van der Waals surface area contributed by atoms with E-state index in [1.165, 1.54) is 11.1 Å². The molecule has 0 bridgehead atoms. The van der Waals surface area contributed by atoms with Crippen molar-refractivity contribution in [3.05, 3.63) is 82.9 Å². The zero-order valence-corrected chi connectivity index (χ0v) is 18.6. The van der Waals surface area contributed by atoms with Crippen LogP contribution in [0.4, 0.5) is 0 Å². The molecule has 1 N–H and O–H groups in total. The molecule has 4 rings (SSSR count). The van der Waals surface area contributed by atoms with Gasteiger partial charge in [0.2, 0.25) is 11.8 Å². The lowest BCUT2D eigenvalue weighted by Crippen LogP contribution is -2.28. The molecule has 1 aliphatic rings. The van der Waals surface area contributed by atoms with Crippen LogP contribution in [0.15, 0.2) is 60.7 Å². The number of methoxy groups -OCH3 is 3. The number of pyridine rings is 1. The van der Waals surface area contributed by atoms with Gasteiger partial charge in [-0.25, -0.2) is 0 Å². The van der Waals surface area contributed by atoms with E-state index < -0.39 is 0 Å². The number of aromatic nitrogens is 1. The molecule has 6 heteroatoms. The number of ether oxygens (including phenoxy) is 4. The highest BCUT2D eigenvalue weighted by Crippen LogP contribution is 2.36. The van der Waals surface area contributed by atoms with Crippen molar-refractivity contribution in [2.75, 3.05) is 27.9 Å². The lowest BCUT2D eigenvalue weighted by Gasteiger charge is -2.26. The average molecular weight is 433 g/mol. The van der Waals surface area contributed by atoms with Crippen LogP contribution >= 0.6 is 0 Å². The fourth-order valence-corrected chi connectivity index (χ4v) is 3.81. The number of nitrogens with one attached hydrogen (secondary N) is 1. The molecule has 2 heterocycles. The highest BCUT2D eigenvalue weighted by Gasteiger charge is 2.21. The van der Waals surface area contributed by atoms with Crippen molar-refractivity contribution in [1.82, 2.24) is 10.3 Å². The summed E-state index contributed by atoms with van der Waals surface area (Å²) in [6.07, 6.45) is 5.07. The Hall–Kier alpha value is -3.51. The average Bonchev–Trinajstić information content (AvgIpc) is 2.86. The van der Waals surface area contributed by atoms with Crippen molar-refractivity contribution in [3.8, 4) is 23.3 Å². The first kappa shape index (κ1) is 21.7. The quantitative estimate of drug-likeness (QED) is 0.562. The molecule has 3 aromatic rings. The summed E-state index contributed by atoms with van der Waals surface area (Å²) in [7, 11) is 4.87. The van der Waals surface area contributed by atoms with Crippen LogP contribution in [0.1, 0.15) is 28.3 Å². The lowest BCUT2D eigenvalue weighted by molar-refractivity contribution is 0.283. The largest absolute Gasteiger partial charge is 0.493 e. The van der Waals surface area contributed by atoms with Crippen LogP contribution in [-0.2, 0) is 13.0 Å². The molecule has 1 aromatic heterocycles. The number of benzene rings is 2. The molecule has 0 aliphatic carbocycles. The standard InChI is InChI=1S/C26H28N2O4/c1-29-23-16-21-20(15-24(23)32-17-18-7-5-4-6-8-18)13-14-27-22(21)11-9-19-10-12-25(30-2)28-26(19)31-3/h4-12,15-16,22,27H,13-14,17H2,1-3H3. The molecule has 6 nitrogen and oxygen atoms in total. The van der Waals surface area contributed by atoms with E-state index in [0.717, 1.165) is 35.6 Å².